The van der Waals surface area contributed by atoms with E-state index in [1.165, 1.54) is 19.2 Å². The number of benzene rings is 1. The molecule has 6 heteroatoms. The number of aromatic nitrogens is 2. The zero-order valence-electron chi connectivity index (χ0n) is 10.3. The first-order valence-electron chi connectivity index (χ1n) is 5.67. The lowest BCUT2D eigenvalue weighted by atomic mass is 10.0. The number of hydrogen-bond acceptors (Lipinski definition) is 4. The molecule has 1 heterocycles. The van der Waals surface area contributed by atoms with Crippen LogP contribution in [0, 0.1) is 5.82 Å². The summed E-state index contributed by atoms with van der Waals surface area (Å²) in [5, 5.41) is 7.85. The van der Waals surface area contributed by atoms with E-state index < -0.39 is 0 Å². The topological polar surface area (TPSA) is 61.0 Å². The molecule has 100 valence electrons. The fraction of sp³-hybridized carbons (Fsp3) is 0.231. The molecule has 0 saturated heterocycles. The Morgan fingerprint density at radius 2 is 2.11 bits per heavy atom. The molecule has 0 fully saturated rings. The van der Waals surface area contributed by atoms with E-state index in [2.05, 4.69) is 26.1 Å². The van der Waals surface area contributed by atoms with Crippen LogP contribution in [0.2, 0.25) is 0 Å². The number of nitrogens with two attached hydrogens (primary N) is 1. The summed E-state index contributed by atoms with van der Waals surface area (Å²) in [6.45, 7) is 0. The van der Waals surface area contributed by atoms with Crippen LogP contribution >= 0.6 is 15.9 Å². The van der Waals surface area contributed by atoms with Gasteiger partial charge in [0.1, 0.15) is 5.82 Å². The summed E-state index contributed by atoms with van der Waals surface area (Å²) < 4.78 is 18.9. The molecule has 1 unspecified atom stereocenters. The van der Waals surface area contributed by atoms with Crippen LogP contribution in [-0.2, 0) is 6.42 Å². The van der Waals surface area contributed by atoms with Crippen LogP contribution in [0.15, 0.2) is 34.8 Å². The van der Waals surface area contributed by atoms with E-state index in [0.29, 0.717) is 18.0 Å². The highest BCUT2D eigenvalue weighted by Gasteiger charge is 2.12. The number of methoxy groups -OCH3 is 1. The van der Waals surface area contributed by atoms with Gasteiger partial charge in [-0.1, -0.05) is 15.9 Å². The summed E-state index contributed by atoms with van der Waals surface area (Å²) in [4.78, 5) is 0. The first-order valence-corrected chi connectivity index (χ1v) is 6.46. The van der Waals surface area contributed by atoms with Crippen molar-refractivity contribution in [3.05, 3.63) is 51.9 Å². The van der Waals surface area contributed by atoms with Crippen molar-refractivity contribution in [2.24, 2.45) is 5.73 Å². The quantitative estimate of drug-likeness (QED) is 0.938. The normalized spacial score (nSPS) is 12.2. The van der Waals surface area contributed by atoms with Crippen LogP contribution in [0.5, 0.6) is 5.88 Å². The molecule has 2 rings (SSSR count). The third-order valence-electron chi connectivity index (χ3n) is 2.70. The Balaban J connectivity index is 2.15. The predicted molar refractivity (Wildman–Crippen MR) is 73.3 cm³/mol. The second-order valence-electron chi connectivity index (χ2n) is 4.05. The number of ether oxygens (including phenoxy) is 1. The van der Waals surface area contributed by atoms with Gasteiger partial charge in [0.15, 0.2) is 0 Å². The van der Waals surface area contributed by atoms with Crippen LogP contribution in [0.3, 0.4) is 0 Å². The van der Waals surface area contributed by atoms with Gasteiger partial charge in [-0.25, -0.2) is 4.39 Å². The molecule has 19 heavy (non-hydrogen) atoms. The van der Waals surface area contributed by atoms with E-state index in [4.69, 9.17) is 10.5 Å². The second kappa shape index (κ2) is 6.08. The summed E-state index contributed by atoms with van der Waals surface area (Å²) in [7, 11) is 1.52. The first-order chi connectivity index (χ1) is 9.10. The van der Waals surface area contributed by atoms with Crippen molar-refractivity contribution in [2.75, 3.05) is 7.11 Å². The van der Waals surface area contributed by atoms with E-state index in [1.54, 1.807) is 18.2 Å². The minimum absolute atomic E-state index is 0.286. The van der Waals surface area contributed by atoms with Crippen molar-refractivity contribution in [3.63, 3.8) is 0 Å². The summed E-state index contributed by atoms with van der Waals surface area (Å²) in [5.41, 5.74) is 7.48. The van der Waals surface area contributed by atoms with Crippen molar-refractivity contribution in [1.82, 2.24) is 10.2 Å². The molecule has 0 aliphatic rings. The standard InChI is InChI=1S/C13H13BrFN3O/c1-19-13-5-4-12(17-18-13)11(16)7-8-6-9(15)2-3-10(8)14/h2-6,11H,7,16H2,1H3. The maximum atomic E-state index is 13.2. The number of nitrogens with zero attached hydrogens (tertiary/aromatic N) is 2. The van der Waals surface area contributed by atoms with Crippen LogP contribution in [0.1, 0.15) is 17.3 Å². The highest BCUT2D eigenvalue weighted by atomic mass is 79.9. The van der Waals surface area contributed by atoms with Crippen LogP contribution in [-0.4, -0.2) is 17.3 Å². The number of halogens is 2. The number of hydrogen-bond donors (Lipinski definition) is 1. The van der Waals surface area contributed by atoms with Gasteiger partial charge in [0.05, 0.1) is 18.8 Å². The van der Waals surface area contributed by atoms with Gasteiger partial charge in [0, 0.05) is 10.5 Å². The fourth-order valence-electron chi connectivity index (χ4n) is 1.68. The van der Waals surface area contributed by atoms with Crippen molar-refractivity contribution in [2.45, 2.75) is 12.5 Å². The smallest absolute Gasteiger partial charge is 0.233 e. The van der Waals surface area contributed by atoms with Gasteiger partial charge < -0.3 is 10.5 Å². The van der Waals surface area contributed by atoms with Crippen LogP contribution in [0.25, 0.3) is 0 Å². The molecule has 0 radical (unpaired) electrons. The molecule has 2 aromatic rings. The van der Waals surface area contributed by atoms with E-state index >= 15 is 0 Å². The van der Waals surface area contributed by atoms with Gasteiger partial charge in [-0.2, -0.15) is 5.10 Å². The first kappa shape index (κ1) is 13.9. The van der Waals surface area contributed by atoms with Crippen molar-refractivity contribution in [1.29, 1.82) is 0 Å². The zero-order chi connectivity index (χ0) is 13.8. The maximum absolute atomic E-state index is 13.2. The average Bonchev–Trinajstić information content (AvgIpc) is 2.43. The monoisotopic (exact) mass is 325 g/mol. The summed E-state index contributed by atoms with van der Waals surface area (Å²) in [5.74, 6) is 0.147. The maximum Gasteiger partial charge on any atom is 0.233 e. The van der Waals surface area contributed by atoms with Gasteiger partial charge in [0.25, 0.3) is 0 Å². The van der Waals surface area contributed by atoms with Gasteiger partial charge in [-0.3, -0.25) is 0 Å². The molecule has 0 aliphatic heterocycles. The molecule has 0 aliphatic carbocycles. The lowest BCUT2D eigenvalue weighted by Crippen LogP contribution is -2.16. The highest BCUT2D eigenvalue weighted by Crippen LogP contribution is 2.23. The average molecular weight is 326 g/mol. The van der Waals surface area contributed by atoms with E-state index in [-0.39, 0.29) is 11.9 Å². The molecule has 4 nitrogen and oxygen atoms in total. The predicted octanol–water partition coefficient (Wildman–Crippen LogP) is 2.63. The van der Waals surface area contributed by atoms with E-state index in [9.17, 15) is 4.39 Å². The van der Waals surface area contributed by atoms with Crippen LogP contribution in [0.4, 0.5) is 4.39 Å². The molecular formula is C13H13BrFN3O. The molecule has 0 bridgehead atoms. The largest absolute Gasteiger partial charge is 0.480 e. The van der Waals surface area contributed by atoms with E-state index in [0.717, 1.165) is 10.0 Å². The lowest BCUT2D eigenvalue weighted by molar-refractivity contribution is 0.390. The molecule has 0 amide bonds. The SMILES string of the molecule is COc1ccc(C(N)Cc2cc(F)ccc2Br)nn1. The molecule has 0 saturated carbocycles. The molecule has 1 atom stereocenters. The Kier molecular flexibility index (Phi) is 4.44. The third-order valence-corrected chi connectivity index (χ3v) is 3.47. The molecule has 2 N–H and O–H groups in total. The van der Waals surface area contributed by atoms with Crippen molar-refractivity contribution >= 4 is 15.9 Å². The highest BCUT2D eigenvalue weighted by molar-refractivity contribution is 9.10. The second-order valence-corrected chi connectivity index (χ2v) is 4.90. The Hall–Kier alpha value is -1.53. The molecule has 1 aromatic heterocycles. The lowest BCUT2D eigenvalue weighted by Gasteiger charge is -2.12. The Morgan fingerprint density at radius 3 is 2.74 bits per heavy atom. The fourth-order valence-corrected chi connectivity index (χ4v) is 2.09. The van der Waals surface area contributed by atoms with Gasteiger partial charge in [0.2, 0.25) is 5.88 Å². The minimum atomic E-state index is -0.350. The minimum Gasteiger partial charge on any atom is -0.480 e. The van der Waals surface area contributed by atoms with Crippen molar-refractivity contribution < 1.29 is 9.13 Å². The molecular weight excluding hydrogens is 313 g/mol. The summed E-state index contributed by atoms with van der Waals surface area (Å²) >= 11 is 3.38. The Morgan fingerprint density at radius 1 is 1.32 bits per heavy atom. The number of rotatable bonds is 4. The van der Waals surface area contributed by atoms with E-state index in [1.807, 2.05) is 0 Å². The summed E-state index contributed by atoms with van der Waals surface area (Å²) in [6.07, 6.45) is 0.472. The zero-order valence-corrected chi connectivity index (χ0v) is 11.9. The Labute approximate surface area is 118 Å². The molecule has 0 spiro atoms. The van der Waals surface area contributed by atoms with Gasteiger partial charge >= 0.3 is 0 Å². The van der Waals surface area contributed by atoms with Gasteiger partial charge in [-0.05, 0) is 36.2 Å². The molecule has 1 aromatic carbocycles. The Bertz CT molecular complexity index is 562. The summed E-state index contributed by atoms with van der Waals surface area (Å²) in [6, 6.07) is 7.62. The van der Waals surface area contributed by atoms with Crippen molar-refractivity contribution in [3.8, 4) is 5.88 Å². The third kappa shape index (κ3) is 3.48. The van der Waals surface area contributed by atoms with Crippen LogP contribution < -0.4 is 10.5 Å². The van der Waals surface area contributed by atoms with Gasteiger partial charge in [-0.15, -0.1) is 5.10 Å².